The molecule has 0 aromatic carbocycles. The third-order valence-electron chi connectivity index (χ3n) is 10.4. The summed E-state index contributed by atoms with van der Waals surface area (Å²) in [6.07, 6.45) is 8.46. The highest BCUT2D eigenvalue weighted by atomic mass is 32.2. The second kappa shape index (κ2) is 25.9. The molecule has 9 atom stereocenters. The van der Waals surface area contributed by atoms with E-state index >= 15 is 0 Å². The van der Waals surface area contributed by atoms with Crippen LogP contribution in [0.5, 0.6) is 0 Å². The van der Waals surface area contributed by atoms with Crippen LogP contribution in [0.1, 0.15) is 78.1 Å². The van der Waals surface area contributed by atoms with E-state index in [1.165, 1.54) is 11.4 Å². The lowest BCUT2D eigenvalue weighted by molar-refractivity contribution is -0.129. The number of amides is 2. The molecule has 1 spiro atoms. The summed E-state index contributed by atoms with van der Waals surface area (Å²) in [4.78, 5) is 34.4. The molecule has 2 saturated carbocycles. The monoisotopic (exact) mass is 848 g/mol. The van der Waals surface area contributed by atoms with Gasteiger partial charge in [0.15, 0.2) is 0 Å². The molecule has 1 saturated heterocycles. The van der Waals surface area contributed by atoms with Gasteiger partial charge in [0.2, 0.25) is 36.0 Å². The second-order valence-corrected chi connectivity index (χ2v) is 19.4. The smallest absolute Gasteiger partial charge is 0.238 e. The van der Waals surface area contributed by atoms with Gasteiger partial charge in [-0.3, -0.25) is 9.59 Å². The number of fused-ring (bicyclic) bond motifs is 1. The Balaban J connectivity index is 0.000000431. The highest BCUT2D eigenvalue weighted by Gasteiger charge is 2.72. The first kappa shape index (κ1) is 48.0. The fraction of sp³-hybridized carbons (Fsp3) is 0.788. The topological polar surface area (TPSA) is 158 Å². The van der Waals surface area contributed by atoms with Crippen LogP contribution in [0.25, 0.3) is 0 Å². The van der Waals surface area contributed by atoms with Gasteiger partial charge in [-0.1, -0.05) is 49.8 Å². The van der Waals surface area contributed by atoms with Gasteiger partial charge in [0.25, 0.3) is 0 Å². The number of aliphatic hydroxyl groups is 1. The fourth-order valence-electron chi connectivity index (χ4n) is 7.52. The third kappa shape index (κ3) is 15.4. The molecule has 1 aliphatic heterocycles. The van der Waals surface area contributed by atoms with Gasteiger partial charge in [-0.2, -0.15) is 0 Å². The van der Waals surface area contributed by atoms with Crippen LogP contribution < -0.4 is 5.32 Å². The number of nitrogens with one attached hydrogen (secondary N) is 1. The number of rotatable bonds is 25. The van der Waals surface area contributed by atoms with Crippen molar-refractivity contribution in [2.45, 2.75) is 102 Å². The number of carbonyl (C=O) groups excluding carboxylic acids is 3. The van der Waals surface area contributed by atoms with Crippen LogP contribution >= 0.6 is 39.8 Å². The fourth-order valence-corrected chi connectivity index (χ4v) is 11.5. The van der Waals surface area contributed by atoms with E-state index < -0.39 is 38.1 Å². The van der Waals surface area contributed by atoms with Crippen LogP contribution in [0.3, 0.4) is 0 Å². The predicted octanol–water partition coefficient (Wildman–Crippen LogP) is 4.30. The number of carbonyl (C=O) groups is 3. The lowest BCUT2D eigenvalue weighted by Gasteiger charge is -2.37. The first-order chi connectivity index (χ1) is 26.4. The molecule has 3 aliphatic rings. The Morgan fingerprint density at radius 1 is 1.09 bits per heavy atom. The highest BCUT2D eigenvalue weighted by molar-refractivity contribution is 8.16. The predicted molar refractivity (Wildman–Crippen MR) is 229 cm³/mol. The van der Waals surface area contributed by atoms with E-state index in [-0.39, 0.29) is 59.5 Å². The molecule has 3 fully saturated rings. The van der Waals surface area contributed by atoms with Crippen molar-refractivity contribution in [2.24, 2.45) is 22.7 Å². The molecule has 54 heavy (non-hydrogen) atoms. The molecule has 3 rings (SSSR count). The maximum absolute atomic E-state index is 12.5. The van der Waals surface area contributed by atoms with Gasteiger partial charge in [-0.25, -0.2) is 12.7 Å². The Hall–Kier alpha value is -0.340. The molecule has 2 bridgehead atoms. The SMILES string of the molecule is C=CCCC(=O)N1C2CC3CC[C@]2(CS1(=O)=O)C3(C)C.[3H][B]SO[C@@H](CC=O)CCOP([B])C.[3H][B]SO[C@H](CCOP([B])C)C[C@@H](O)C(CC=C)C(=O)NC. The average Bonchev–Trinajstić information content (AvgIpc) is 3.62. The first-order valence-corrected chi connectivity index (χ1v) is 24.6. The van der Waals surface area contributed by atoms with Crippen molar-refractivity contribution in [2.75, 3.05) is 39.3 Å². The molecular formula is C33H58B4N2O10P2S3. The lowest BCUT2D eigenvalue weighted by Crippen LogP contribution is -2.44. The van der Waals surface area contributed by atoms with Crippen LogP contribution in [0.15, 0.2) is 25.3 Å². The molecule has 6 radical (unpaired) electrons. The maximum atomic E-state index is 12.5. The Labute approximate surface area is 343 Å². The van der Waals surface area contributed by atoms with Gasteiger partial charge in [-0.05, 0) is 88.3 Å². The third-order valence-corrected chi connectivity index (χ3v) is 14.3. The molecule has 21 heteroatoms. The number of aldehydes is 1. The van der Waals surface area contributed by atoms with Gasteiger partial charge in [0, 0.05) is 31.7 Å². The molecule has 0 aromatic rings. The normalized spacial score (nSPS) is 25.3. The summed E-state index contributed by atoms with van der Waals surface area (Å²) in [5.41, 5.74) is -0.182. The molecule has 1 heterocycles. The van der Waals surface area contributed by atoms with Gasteiger partial charge >= 0.3 is 0 Å². The second-order valence-electron chi connectivity index (χ2n) is 14.1. The summed E-state index contributed by atoms with van der Waals surface area (Å²) in [7, 11) is 9.46. The van der Waals surface area contributed by atoms with Crippen LogP contribution in [0.4, 0.5) is 0 Å². The molecule has 2 aliphatic carbocycles. The zero-order chi connectivity index (χ0) is 42.5. The zero-order valence-electron chi connectivity index (χ0n) is 34.3. The van der Waals surface area contributed by atoms with Crippen molar-refractivity contribution in [3.8, 4) is 0 Å². The number of hydrogen-bond donors (Lipinski definition) is 2. The molecule has 12 nitrogen and oxygen atoms in total. The summed E-state index contributed by atoms with van der Waals surface area (Å²) in [5.74, 6) is -0.333. The van der Waals surface area contributed by atoms with E-state index in [0.717, 1.165) is 63.5 Å². The summed E-state index contributed by atoms with van der Waals surface area (Å²) < 4.78 is 61.1. The largest absolute Gasteiger partial charge is 0.392 e. The number of allylic oxidation sites excluding steroid dienone is 2. The molecule has 2 N–H and O–H groups in total. The summed E-state index contributed by atoms with van der Waals surface area (Å²) >= 11 is 1.80. The quantitative estimate of drug-likeness (QED) is 0.0442. The van der Waals surface area contributed by atoms with E-state index in [1.54, 1.807) is 25.5 Å². The van der Waals surface area contributed by atoms with Crippen LogP contribution in [-0.2, 0) is 41.8 Å². The molecular weight excluding hydrogens is 786 g/mol. The van der Waals surface area contributed by atoms with Crippen molar-refractivity contribution < 1.29 is 45.3 Å². The van der Waals surface area contributed by atoms with Gasteiger partial charge in [0.1, 0.15) is 21.4 Å². The summed E-state index contributed by atoms with van der Waals surface area (Å²) in [5, 5.41) is 12.8. The minimum atomic E-state index is -3.44. The van der Waals surface area contributed by atoms with Crippen LogP contribution in [-0.4, -0.2) is 132 Å². The highest BCUT2D eigenvalue weighted by Crippen LogP contribution is 2.70. The lowest BCUT2D eigenvalue weighted by atomic mass is 9.69. The maximum Gasteiger partial charge on any atom is 0.238 e. The molecule has 5 unspecified atom stereocenters. The van der Waals surface area contributed by atoms with E-state index in [9.17, 15) is 27.9 Å². The zero-order valence-corrected chi connectivity index (χ0v) is 36.5. The van der Waals surface area contributed by atoms with Crippen molar-refractivity contribution >= 4 is 97.3 Å². The molecule has 2 amide bonds. The van der Waals surface area contributed by atoms with Gasteiger partial charge in [-0.15, -0.1) is 13.2 Å². The first-order valence-electron chi connectivity index (χ1n) is 18.9. The minimum Gasteiger partial charge on any atom is -0.392 e. The number of aliphatic hydroxyl groups excluding tert-OH is 1. The average molecular weight is 848 g/mol. The minimum absolute atomic E-state index is 0.0260. The van der Waals surface area contributed by atoms with E-state index in [2.05, 4.69) is 32.3 Å². The summed E-state index contributed by atoms with van der Waals surface area (Å²) in [6, 6.07) is -0.0986. The number of nitrogens with zero attached hydrogens (tertiary/aromatic N) is 1. The van der Waals surface area contributed by atoms with Gasteiger partial charge < -0.3 is 32.6 Å². The Kier molecular flexibility index (Phi) is 23.0. The van der Waals surface area contributed by atoms with E-state index in [4.69, 9.17) is 35.2 Å². The van der Waals surface area contributed by atoms with Crippen molar-refractivity contribution in [3.05, 3.63) is 25.3 Å². The van der Waals surface area contributed by atoms with Crippen LogP contribution in [0, 0.1) is 22.7 Å². The van der Waals surface area contributed by atoms with Crippen molar-refractivity contribution in [1.82, 2.24) is 9.62 Å². The Bertz CT molecular complexity index is 1340. The number of hydrogen-bond acceptors (Lipinski definition) is 12. The van der Waals surface area contributed by atoms with Crippen molar-refractivity contribution in [1.29, 1.82) is 2.67 Å². The van der Waals surface area contributed by atoms with Crippen LogP contribution in [0.2, 0.25) is 0 Å². The summed E-state index contributed by atoms with van der Waals surface area (Å²) in [6.45, 7) is 16.1. The van der Waals surface area contributed by atoms with Crippen molar-refractivity contribution in [3.63, 3.8) is 0 Å². The molecule has 300 valence electrons. The Morgan fingerprint density at radius 2 is 1.69 bits per heavy atom. The van der Waals surface area contributed by atoms with E-state index in [1.807, 2.05) is 0 Å². The Morgan fingerprint density at radius 3 is 2.19 bits per heavy atom. The van der Waals surface area contributed by atoms with E-state index in [0.29, 0.717) is 51.2 Å². The number of sulfonamides is 1. The molecule has 0 aromatic heterocycles. The standard InChI is InChI=1S/C15H23NO3S.C12H23B2NO4PS.C6H12B2O3PS/c1-4-5-6-13(17)16-12-9-11-7-8-15(12,14(11,2)3)10-20(16,18)19;1-4-5-10(12(17)15-2)11(16)8-9(19-21-14)6-7-18-20(3)13;1-12(7)10-5-3-6(2-4-9)11-13-8/h4,11-12H,1,5-10H2,2-3H3;4,9-11,14,16H,1,5-8H2,2-3H3,(H,15,17);4,6,8H,2-3,5H2,1H3/t11?,12?,15-;9-,10?,11-,20?;6-,12?/m110/s1/i;14T;8T. The van der Waals surface area contributed by atoms with Gasteiger partial charge in [0.05, 0.1) is 49.2 Å².